The number of aromatic nitrogens is 2. The summed E-state index contributed by atoms with van der Waals surface area (Å²) in [4.78, 5) is 10.9. The maximum Gasteiger partial charge on any atom is 0.232 e. The molecule has 1 aromatic rings. The van der Waals surface area contributed by atoms with Crippen LogP contribution in [-0.4, -0.2) is 30.2 Å². The van der Waals surface area contributed by atoms with Crippen LogP contribution < -0.4 is 9.64 Å². The van der Waals surface area contributed by atoms with Crippen molar-refractivity contribution in [2.45, 2.75) is 19.8 Å². The molecular formula is C11H16BrN3O. The minimum absolute atomic E-state index is 0.602. The predicted molar refractivity (Wildman–Crippen MR) is 66.9 cm³/mol. The molecule has 1 atom stereocenters. The summed E-state index contributed by atoms with van der Waals surface area (Å²) in [5.74, 6) is 2.15. The van der Waals surface area contributed by atoms with Crippen molar-refractivity contribution in [3.05, 3.63) is 10.7 Å². The minimum Gasteiger partial charge on any atom is -0.480 e. The molecular weight excluding hydrogens is 270 g/mol. The standard InChI is InChI=1S/C11H16BrN3O/c1-3-8-4-5-15(7-8)11-13-6-9(12)10(14-11)16-2/h6,8H,3-5,7H2,1-2H3. The van der Waals surface area contributed by atoms with Crippen molar-refractivity contribution in [2.24, 2.45) is 5.92 Å². The van der Waals surface area contributed by atoms with Crippen molar-refractivity contribution in [3.63, 3.8) is 0 Å². The van der Waals surface area contributed by atoms with Crippen molar-refractivity contribution < 1.29 is 4.74 Å². The van der Waals surface area contributed by atoms with Crippen LogP contribution >= 0.6 is 15.9 Å². The Bertz CT molecular complexity index is 372. The molecule has 0 spiro atoms. The molecule has 16 heavy (non-hydrogen) atoms. The first-order valence-electron chi connectivity index (χ1n) is 5.56. The summed E-state index contributed by atoms with van der Waals surface area (Å²) < 4.78 is 5.97. The maximum atomic E-state index is 5.17. The van der Waals surface area contributed by atoms with Gasteiger partial charge in [0.1, 0.15) is 0 Å². The molecule has 0 radical (unpaired) electrons. The molecule has 1 aliphatic rings. The highest BCUT2D eigenvalue weighted by atomic mass is 79.9. The topological polar surface area (TPSA) is 38.2 Å². The van der Waals surface area contributed by atoms with Gasteiger partial charge in [-0.05, 0) is 28.3 Å². The third-order valence-corrected chi connectivity index (χ3v) is 3.58. The molecule has 1 saturated heterocycles. The van der Waals surface area contributed by atoms with E-state index in [1.54, 1.807) is 13.3 Å². The molecule has 0 saturated carbocycles. The molecule has 1 unspecified atom stereocenters. The Hall–Kier alpha value is -0.840. The van der Waals surface area contributed by atoms with E-state index in [9.17, 15) is 0 Å². The zero-order valence-corrected chi connectivity index (χ0v) is 11.2. The first kappa shape index (κ1) is 11.6. The molecule has 4 nitrogen and oxygen atoms in total. The highest BCUT2D eigenvalue weighted by Gasteiger charge is 2.23. The fourth-order valence-corrected chi connectivity index (χ4v) is 2.34. The highest BCUT2D eigenvalue weighted by molar-refractivity contribution is 9.10. The van der Waals surface area contributed by atoms with Gasteiger partial charge in [0.15, 0.2) is 0 Å². The summed E-state index contributed by atoms with van der Waals surface area (Å²) in [5, 5.41) is 0. The Morgan fingerprint density at radius 2 is 2.44 bits per heavy atom. The maximum absolute atomic E-state index is 5.17. The first-order valence-corrected chi connectivity index (χ1v) is 6.35. The summed E-state index contributed by atoms with van der Waals surface area (Å²) in [6.07, 6.45) is 4.21. The zero-order valence-electron chi connectivity index (χ0n) is 9.61. The molecule has 0 aliphatic carbocycles. The number of ether oxygens (including phenoxy) is 1. The van der Waals surface area contributed by atoms with Gasteiger partial charge in [-0.15, -0.1) is 0 Å². The Labute approximate surface area is 104 Å². The van der Waals surface area contributed by atoms with Gasteiger partial charge in [-0.3, -0.25) is 0 Å². The third kappa shape index (κ3) is 2.29. The quantitative estimate of drug-likeness (QED) is 0.855. The fraction of sp³-hybridized carbons (Fsp3) is 0.636. The minimum atomic E-state index is 0.602. The van der Waals surface area contributed by atoms with Gasteiger partial charge in [-0.25, -0.2) is 4.98 Å². The molecule has 0 aromatic carbocycles. The van der Waals surface area contributed by atoms with Gasteiger partial charge in [-0.1, -0.05) is 13.3 Å². The second-order valence-corrected chi connectivity index (χ2v) is 4.89. The number of anilines is 1. The smallest absolute Gasteiger partial charge is 0.232 e. The van der Waals surface area contributed by atoms with E-state index in [1.807, 2.05) is 0 Å². The van der Waals surface area contributed by atoms with Gasteiger partial charge >= 0.3 is 0 Å². The van der Waals surface area contributed by atoms with Gasteiger partial charge < -0.3 is 9.64 Å². The molecule has 0 N–H and O–H groups in total. The number of rotatable bonds is 3. The van der Waals surface area contributed by atoms with Gasteiger partial charge in [0, 0.05) is 13.1 Å². The second kappa shape index (κ2) is 4.99. The summed E-state index contributed by atoms with van der Waals surface area (Å²) in [7, 11) is 1.62. The number of nitrogens with zero attached hydrogens (tertiary/aromatic N) is 3. The van der Waals surface area contributed by atoms with Gasteiger partial charge in [0.05, 0.1) is 17.8 Å². The lowest BCUT2D eigenvalue weighted by Gasteiger charge is -2.16. The average Bonchev–Trinajstić information content (AvgIpc) is 2.78. The number of halogens is 1. The van der Waals surface area contributed by atoms with Crippen LogP contribution in [0.3, 0.4) is 0 Å². The molecule has 1 fully saturated rings. The van der Waals surface area contributed by atoms with Crippen molar-refractivity contribution >= 4 is 21.9 Å². The van der Waals surface area contributed by atoms with E-state index in [0.717, 1.165) is 29.4 Å². The van der Waals surface area contributed by atoms with Crippen LogP contribution in [0.2, 0.25) is 0 Å². The summed E-state index contributed by atoms with van der Waals surface area (Å²) in [6, 6.07) is 0. The molecule has 88 valence electrons. The van der Waals surface area contributed by atoms with Crippen molar-refractivity contribution in [2.75, 3.05) is 25.1 Å². The van der Waals surface area contributed by atoms with Crippen LogP contribution in [0.25, 0.3) is 0 Å². The van der Waals surface area contributed by atoms with Crippen LogP contribution in [0, 0.1) is 5.92 Å². The monoisotopic (exact) mass is 285 g/mol. The number of hydrogen-bond donors (Lipinski definition) is 0. The predicted octanol–water partition coefficient (Wildman–Crippen LogP) is 2.48. The number of hydrogen-bond acceptors (Lipinski definition) is 4. The van der Waals surface area contributed by atoms with Crippen molar-refractivity contribution in [1.29, 1.82) is 0 Å². The molecule has 0 bridgehead atoms. The molecule has 1 aliphatic heterocycles. The lowest BCUT2D eigenvalue weighted by molar-refractivity contribution is 0.394. The molecule has 1 aromatic heterocycles. The first-order chi connectivity index (χ1) is 7.74. The highest BCUT2D eigenvalue weighted by Crippen LogP contribution is 2.27. The van der Waals surface area contributed by atoms with Crippen LogP contribution in [0.5, 0.6) is 5.88 Å². The van der Waals surface area contributed by atoms with Crippen LogP contribution in [-0.2, 0) is 0 Å². The second-order valence-electron chi connectivity index (χ2n) is 4.04. The van der Waals surface area contributed by atoms with E-state index in [-0.39, 0.29) is 0 Å². The van der Waals surface area contributed by atoms with Crippen molar-refractivity contribution in [1.82, 2.24) is 9.97 Å². The Balaban J connectivity index is 2.15. The lowest BCUT2D eigenvalue weighted by atomic mass is 10.1. The van der Waals surface area contributed by atoms with E-state index in [2.05, 4.69) is 37.7 Å². The van der Waals surface area contributed by atoms with E-state index in [1.165, 1.54) is 12.8 Å². The number of methoxy groups -OCH3 is 1. The van der Waals surface area contributed by atoms with E-state index < -0.39 is 0 Å². The van der Waals surface area contributed by atoms with E-state index >= 15 is 0 Å². The SMILES string of the molecule is CCC1CCN(c2ncc(Br)c(OC)n2)C1. The molecule has 0 amide bonds. The normalized spacial score (nSPS) is 20.2. The van der Waals surface area contributed by atoms with Crippen LogP contribution in [0.4, 0.5) is 5.95 Å². The van der Waals surface area contributed by atoms with Crippen LogP contribution in [0.15, 0.2) is 10.7 Å². The van der Waals surface area contributed by atoms with Gasteiger partial charge in [0.2, 0.25) is 11.8 Å². The average molecular weight is 286 g/mol. The summed E-state index contributed by atoms with van der Waals surface area (Å²) in [6.45, 7) is 4.34. The van der Waals surface area contributed by atoms with Crippen molar-refractivity contribution in [3.8, 4) is 5.88 Å². The summed E-state index contributed by atoms with van der Waals surface area (Å²) in [5.41, 5.74) is 0. The third-order valence-electron chi connectivity index (χ3n) is 3.04. The van der Waals surface area contributed by atoms with E-state index in [0.29, 0.717) is 5.88 Å². The van der Waals surface area contributed by atoms with E-state index in [4.69, 9.17) is 4.74 Å². The largest absolute Gasteiger partial charge is 0.480 e. The Morgan fingerprint density at radius 1 is 1.62 bits per heavy atom. The Morgan fingerprint density at radius 3 is 3.06 bits per heavy atom. The Kier molecular flexibility index (Phi) is 3.63. The van der Waals surface area contributed by atoms with Gasteiger partial charge in [-0.2, -0.15) is 4.98 Å². The zero-order chi connectivity index (χ0) is 11.5. The fourth-order valence-electron chi connectivity index (χ4n) is 1.99. The van der Waals surface area contributed by atoms with Gasteiger partial charge in [0.25, 0.3) is 0 Å². The molecule has 2 heterocycles. The molecule has 5 heteroatoms. The molecule has 2 rings (SSSR count). The summed E-state index contributed by atoms with van der Waals surface area (Å²) >= 11 is 3.36. The van der Waals surface area contributed by atoms with Crippen LogP contribution in [0.1, 0.15) is 19.8 Å². The lowest BCUT2D eigenvalue weighted by Crippen LogP contribution is -2.22.